The first-order valence-electron chi connectivity index (χ1n) is 9.42. The van der Waals surface area contributed by atoms with Crippen molar-refractivity contribution in [3.63, 3.8) is 0 Å². The monoisotopic (exact) mass is 403 g/mol. The second-order valence-corrected chi connectivity index (χ2v) is 7.66. The molecule has 0 spiro atoms. The van der Waals surface area contributed by atoms with Crippen LogP contribution in [0.15, 0.2) is 24.3 Å². The maximum atomic E-state index is 12.4. The third-order valence-corrected chi connectivity index (χ3v) is 5.90. The fraction of sp³-hybridized carbons (Fsp3) is 0.429. The van der Waals surface area contributed by atoms with Crippen LogP contribution >= 0.6 is 11.3 Å². The van der Waals surface area contributed by atoms with Crippen LogP contribution in [-0.2, 0) is 22.4 Å². The van der Waals surface area contributed by atoms with Crippen molar-refractivity contribution in [2.45, 2.75) is 38.5 Å². The molecule has 0 saturated heterocycles. The minimum Gasteiger partial charge on any atom is -0.493 e. The maximum Gasteiger partial charge on any atom is 0.341 e. The molecule has 0 saturated carbocycles. The van der Waals surface area contributed by atoms with Crippen molar-refractivity contribution in [2.75, 3.05) is 26.1 Å². The molecule has 1 amide bonds. The normalized spacial score (nSPS) is 12.8. The average molecular weight is 404 g/mol. The van der Waals surface area contributed by atoms with Crippen LogP contribution in [0.4, 0.5) is 5.00 Å². The van der Waals surface area contributed by atoms with Gasteiger partial charge in [0.2, 0.25) is 5.91 Å². The summed E-state index contributed by atoms with van der Waals surface area (Å²) in [6.45, 7) is 0.401. The average Bonchev–Trinajstić information content (AvgIpc) is 3.08. The molecule has 2 aromatic rings. The summed E-state index contributed by atoms with van der Waals surface area (Å²) < 4.78 is 15.9. The Morgan fingerprint density at radius 2 is 1.86 bits per heavy atom. The zero-order valence-electron chi connectivity index (χ0n) is 16.2. The molecule has 6 nitrogen and oxygen atoms in total. The second-order valence-electron chi connectivity index (χ2n) is 6.56. The summed E-state index contributed by atoms with van der Waals surface area (Å²) in [6, 6.07) is 7.41. The molecule has 3 rings (SSSR count). The number of aryl methyl sites for hydroxylation is 1. The molecular formula is C21H25NO5S. The van der Waals surface area contributed by atoms with Gasteiger partial charge in [0.15, 0.2) is 11.5 Å². The number of ether oxygens (including phenoxy) is 3. The van der Waals surface area contributed by atoms with Crippen molar-refractivity contribution in [1.29, 1.82) is 0 Å². The van der Waals surface area contributed by atoms with E-state index in [1.165, 1.54) is 23.3 Å². The molecule has 0 radical (unpaired) electrons. The van der Waals surface area contributed by atoms with E-state index in [0.717, 1.165) is 31.2 Å². The van der Waals surface area contributed by atoms with Crippen LogP contribution in [0.2, 0.25) is 0 Å². The van der Waals surface area contributed by atoms with Gasteiger partial charge in [0.25, 0.3) is 0 Å². The minimum absolute atomic E-state index is 0.132. The number of fused-ring (bicyclic) bond motifs is 1. The Kier molecular flexibility index (Phi) is 6.92. The number of hydrogen-bond acceptors (Lipinski definition) is 6. The van der Waals surface area contributed by atoms with Crippen LogP contribution < -0.4 is 14.8 Å². The molecule has 0 unspecified atom stereocenters. The van der Waals surface area contributed by atoms with Gasteiger partial charge in [-0.15, -0.1) is 11.3 Å². The first-order valence-corrected chi connectivity index (χ1v) is 10.2. The second kappa shape index (κ2) is 9.59. The van der Waals surface area contributed by atoms with Gasteiger partial charge in [-0.1, -0.05) is 12.1 Å². The molecular weight excluding hydrogens is 378 g/mol. The Morgan fingerprint density at radius 1 is 1.11 bits per heavy atom. The van der Waals surface area contributed by atoms with Gasteiger partial charge in [-0.3, -0.25) is 4.79 Å². The molecule has 1 N–H and O–H groups in total. The largest absolute Gasteiger partial charge is 0.493 e. The lowest BCUT2D eigenvalue weighted by molar-refractivity contribution is -0.116. The molecule has 1 aliphatic rings. The molecule has 28 heavy (non-hydrogen) atoms. The highest BCUT2D eigenvalue weighted by Gasteiger charge is 2.26. The van der Waals surface area contributed by atoms with Crippen molar-refractivity contribution >= 4 is 28.2 Å². The van der Waals surface area contributed by atoms with Gasteiger partial charge in [0, 0.05) is 11.3 Å². The van der Waals surface area contributed by atoms with E-state index in [2.05, 4.69) is 5.32 Å². The topological polar surface area (TPSA) is 73.9 Å². The zero-order chi connectivity index (χ0) is 19.9. The summed E-state index contributed by atoms with van der Waals surface area (Å²) in [5.74, 6) is 0.810. The third kappa shape index (κ3) is 4.65. The Balaban J connectivity index is 1.56. The zero-order valence-corrected chi connectivity index (χ0v) is 17.0. The van der Waals surface area contributed by atoms with Crippen LogP contribution in [-0.4, -0.2) is 32.7 Å². The van der Waals surface area contributed by atoms with Gasteiger partial charge in [0.05, 0.1) is 26.4 Å². The predicted molar refractivity (Wildman–Crippen MR) is 109 cm³/mol. The predicted octanol–water partition coefficient (Wildman–Crippen LogP) is 4.22. The molecule has 1 aliphatic carbocycles. The van der Waals surface area contributed by atoms with E-state index in [4.69, 9.17) is 14.2 Å². The lowest BCUT2D eigenvalue weighted by Crippen LogP contribution is -2.15. The SMILES string of the molecule is COC(=O)c1c(NC(=O)CCCOc2ccccc2OC)sc2c1CCCC2. The van der Waals surface area contributed by atoms with Crippen LogP contribution in [0, 0.1) is 0 Å². The van der Waals surface area contributed by atoms with Crippen molar-refractivity contribution in [2.24, 2.45) is 0 Å². The highest BCUT2D eigenvalue weighted by molar-refractivity contribution is 7.17. The highest BCUT2D eigenvalue weighted by atomic mass is 32.1. The summed E-state index contributed by atoms with van der Waals surface area (Å²) in [5, 5.41) is 3.51. The van der Waals surface area contributed by atoms with Crippen molar-refractivity contribution in [3.8, 4) is 11.5 Å². The number of nitrogens with one attached hydrogen (secondary N) is 1. The molecule has 0 aliphatic heterocycles. The summed E-state index contributed by atoms with van der Waals surface area (Å²) in [6.07, 6.45) is 4.84. The van der Waals surface area contributed by atoms with Gasteiger partial charge in [0.1, 0.15) is 5.00 Å². The maximum absolute atomic E-state index is 12.4. The minimum atomic E-state index is -0.380. The Hall–Kier alpha value is -2.54. The van der Waals surface area contributed by atoms with Crippen molar-refractivity contribution in [3.05, 3.63) is 40.3 Å². The third-order valence-electron chi connectivity index (χ3n) is 4.69. The fourth-order valence-electron chi connectivity index (χ4n) is 3.31. The first kappa shape index (κ1) is 20.2. The Morgan fingerprint density at radius 3 is 2.61 bits per heavy atom. The summed E-state index contributed by atoms with van der Waals surface area (Å²) in [7, 11) is 2.96. The van der Waals surface area contributed by atoms with E-state index >= 15 is 0 Å². The molecule has 0 fully saturated rings. The molecule has 150 valence electrons. The van der Waals surface area contributed by atoms with E-state index in [-0.39, 0.29) is 11.9 Å². The number of esters is 1. The summed E-state index contributed by atoms with van der Waals surface area (Å²) >= 11 is 1.49. The van der Waals surface area contributed by atoms with Crippen LogP contribution in [0.5, 0.6) is 11.5 Å². The number of para-hydroxylation sites is 2. The van der Waals surface area contributed by atoms with E-state index < -0.39 is 0 Å². The van der Waals surface area contributed by atoms with Crippen LogP contribution in [0.25, 0.3) is 0 Å². The molecule has 1 aromatic heterocycles. The smallest absolute Gasteiger partial charge is 0.341 e. The quantitative estimate of drug-likeness (QED) is 0.528. The number of benzene rings is 1. The number of rotatable bonds is 8. The van der Waals surface area contributed by atoms with Crippen molar-refractivity contribution < 1.29 is 23.8 Å². The van der Waals surface area contributed by atoms with Gasteiger partial charge in [-0.2, -0.15) is 0 Å². The van der Waals surface area contributed by atoms with Crippen LogP contribution in [0.1, 0.15) is 46.5 Å². The van der Waals surface area contributed by atoms with E-state index in [0.29, 0.717) is 41.5 Å². The summed E-state index contributed by atoms with van der Waals surface area (Å²) in [4.78, 5) is 25.8. The van der Waals surface area contributed by atoms with E-state index in [1.807, 2.05) is 24.3 Å². The van der Waals surface area contributed by atoms with Gasteiger partial charge in [-0.25, -0.2) is 4.79 Å². The first-order chi connectivity index (χ1) is 13.6. The summed E-state index contributed by atoms with van der Waals surface area (Å²) in [5.41, 5.74) is 1.57. The molecule has 7 heteroatoms. The number of carbonyl (C=O) groups is 2. The number of carbonyl (C=O) groups excluding carboxylic acids is 2. The number of thiophene rings is 1. The number of hydrogen-bond donors (Lipinski definition) is 1. The Labute approximate surface area is 168 Å². The number of amides is 1. The van der Waals surface area contributed by atoms with Gasteiger partial charge < -0.3 is 19.5 Å². The lowest BCUT2D eigenvalue weighted by Gasteiger charge is -2.12. The van der Waals surface area contributed by atoms with Crippen molar-refractivity contribution in [1.82, 2.24) is 0 Å². The molecule has 0 bridgehead atoms. The van der Waals surface area contributed by atoms with E-state index in [9.17, 15) is 9.59 Å². The Bertz CT molecular complexity index is 845. The lowest BCUT2D eigenvalue weighted by atomic mass is 9.95. The number of methoxy groups -OCH3 is 2. The number of anilines is 1. The van der Waals surface area contributed by atoms with Gasteiger partial charge in [-0.05, 0) is 49.8 Å². The molecule has 1 heterocycles. The fourth-order valence-corrected chi connectivity index (χ4v) is 4.61. The van der Waals surface area contributed by atoms with E-state index in [1.54, 1.807) is 7.11 Å². The van der Waals surface area contributed by atoms with Crippen LogP contribution in [0.3, 0.4) is 0 Å². The molecule has 1 aromatic carbocycles. The van der Waals surface area contributed by atoms with Gasteiger partial charge >= 0.3 is 5.97 Å². The molecule has 0 atom stereocenters. The highest BCUT2D eigenvalue weighted by Crippen LogP contribution is 2.38. The standard InChI is InChI=1S/C21H25NO5S/c1-25-15-9-4-5-10-16(15)27-13-7-12-18(23)22-20-19(21(24)26-2)14-8-3-6-11-17(14)28-20/h4-5,9-10H,3,6-8,11-13H2,1-2H3,(H,22,23).